The number of carbonyl (C=O) groups excluding carboxylic acids is 1. The number of benzene rings is 2. The fraction of sp³-hybridized carbons (Fsp3) is 0.333. The van der Waals surface area contributed by atoms with Gasteiger partial charge in [0, 0.05) is 42.3 Å². The Balaban J connectivity index is 1.70. The molecule has 0 spiro atoms. The zero-order valence-electron chi connectivity index (χ0n) is 17.3. The minimum atomic E-state index is 0.0396. The highest BCUT2D eigenvalue weighted by molar-refractivity contribution is 7.99. The molecule has 1 aromatic heterocycles. The first-order valence-corrected chi connectivity index (χ1v) is 11.6. The fourth-order valence-electron chi connectivity index (χ4n) is 3.76. The number of aromatic nitrogens is 1. The van der Waals surface area contributed by atoms with E-state index in [1.54, 1.807) is 0 Å². The van der Waals surface area contributed by atoms with Crippen molar-refractivity contribution in [2.24, 2.45) is 0 Å². The molecule has 0 bridgehead atoms. The van der Waals surface area contributed by atoms with E-state index in [2.05, 4.69) is 17.0 Å². The van der Waals surface area contributed by atoms with E-state index in [0.29, 0.717) is 18.7 Å². The summed E-state index contributed by atoms with van der Waals surface area (Å²) in [7, 11) is 0. The summed E-state index contributed by atoms with van der Waals surface area (Å²) in [5.74, 6) is 2.99. The predicted molar refractivity (Wildman–Crippen MR) is 123 cm³/mol. The smallest absolute Gasteiger partial charge is 0.254 e. The fourth-order valence-corrected chi connectivity index (χ4v) is 4.66. The molecule has 2 aromatic carbocycles. The Labute approximate surface area is 182 Å². The number of hydrogen-bond acceptors (Lipinski definition) is 5. The van der Waals surface area contributed by atoms with E-state index in [1.165, 1.54) is 0 Å². The molecule has 1 aliphatic rings. The molecule has 1 aliphatic heterocycles. The van der Waals surface area contributed by atoms with Gasteiger partial charge in [0.1, 0.15) is 5.69 Å². The van der Waals surface area contributed by atoms with Gasteiger partial charge in [-0.3, -0.25) is 4.79 Å². The Morgan fingerprint density at radius 2 is 1.73 bits per heavy atom. The van der Waals surface area contributed by atoms with Gasteiger partial charge < -0.3 is 14.3 Å². The van der Waals surface area contributed by atoms with Crippen LogP contribution >= 0.6 is 11.8 Å². The van der Waals surface area contributed by atoms with E-state index in [9.17, 15) is 4.79 Å². The average molecular weight is 422 g/mol. The number of thioether (sulfide) groups is 1. The van der Waals surface area contributed by atoms with Gasteiger partial charge in [0.05, 0.1) is 12.1 Å². The molecule has 156 valence electrons. The molecule has 2 heterocycles. The number of anilines is 1. The molecule has 6 heteroatoms. The highest BCUT2D eigenvalue weighted by Crippen LogP contribution is 2.34. The highest BCUT2D eigenvalue weighted by Gasteiger charge is 2.27. The zero-order valence-corrected chi connectivity index (χ0v) is 18.1. The van der Waals surface area contributed by atoms with Gasteiger partial charge in [0.2, 0.25) is 5.88 Å². The maximum atomic E-state index is 13.3. The highest BCUT2D eigenvalue weighted by atomic mass is 32.2. The summed E-state index contributed by atoms with van der Waals surface area (Å²) in [6.07, 6.45) is 0.889. The second-order valence-corrected chi connectivity index (χ2v) is 8.60. The maximum absolute atomic E-state index is 13.3. The monoisotopic (exact) mass is 421 g/mol. The Morgan fingerprint density at radius 3 is 2.40 bits per heavy atom. The number of amides is 1. The van der Waals surface area contributed by atoms with Crippen LogP contribution in [-0.4, -0.2) is 47.1 Å². The number of rotatable bonds is 7. The molecular formula is C24H27N3O2S. The van der Waals surface area contributed by atoms with Crippen LogP contribution in [0.5, 0.6) is 0 Å². The Hall–Kier alpha value is -2.73. The summed E-state index contributed by atoms with van der Waals surface area (Å²) < 4.78 is 5.88. The van der Waals surface area contributed by atoms with E-state index >= 15 is 0 Å². The van der Waals surface area contributed by atoms with Crippen LogP contribution in [0.4, 0.5) is 5.88 Å². The standard InChI is InChI=1S/C24H27N3O2S/c1-2-13-27(23(28)20-11-7-4-8-12-20)18-21-22(19-9-5-3-6-10-19)25-29-24(21)26-14-16-30-17-15-26/h3-12H,2,13-18H2,1H3. The van der Waals surface area contributed by atoms with Gasteiger partial charge in [0.25, 0.3) is 5.91 Å². The minimum Gasteiger partial charge on any atom is -0.339 e. The molecule has 3 aromatic rings. The van der Waals surface area contributed by atoms with Crippen LogP contribution in [-0.2, 0) is 6.54 Å². The first-order valence-electron chi connectivity index (χ1n) is 10.5. The van der Waals surface area contributed by atoms with Crippen molar-refractivity contribution in [3.63, 3.8) is 0 Å². The van der Waals surface area contributed by atoms with Gasteiger partial charge in [-0.1, -0.05) is 60.6 Å². The lowest BCUT2D eigenvalue weighted by Crippen LogP contribution is -2.35. The van der Waals surface area contributed by atoms with Crippen molar-refractivity contribution < 1.29 is 9.32 Å². The molecule has 1 fully saturated rings. The second-order valence-electron chi connectivity index (χ2n) is 7.37. The van der Waals surface area contributed by atoms with Crippen molar-refractivity contribution in [2.45, 2.75) is 19.9 Å². The van der Waals surface area contributed by atoms with Crippen LogP contribution in [0.2, 0.25) is 0 Å². The Morgan fingerprint density at radius 1 is 1.07 bits per heavy atom. The van der Waals surface area contributed by atoms with Crippen LogP contribution in [0.25, 0.3) is 11.3 Å². The first kappa shape index (κ1) is 20.5. The molecule has 0 radical (unpaired) electrons. The van der Waals surface area contributed by atoms with Gasteiger partial charge >= 0.3 is 0 Å². The molecule has 5 nitrogen and oxygen atoms in total. The molecule has 30 heavy (non-hydrogen) atoms. The lowest BCUT2D eigenvalue weighted by atomic mass is 10.1. The van der Waals surface area contributed by atoms with E-state index in [4.69, 9.17) is 4.52 Å². The van der Waals surface area contributed by atoms with Gasteiger partial charge in [-0.25, -0.2) is 0 Å². The molecule has 0 saturated carbocycles. The third-order valence-corrected chi connectivity index (χ3v) is 6.21. The van der Waals surface area contributed by atoms with Crippen LogP contribution in [0, 0.1) is 0 Å². The van der Waals surface area contributed by atoms with Crippen molar-refractivity contribution in [3.05, 3.63) is 71.8 Å². The summed E-state index contributed by atoms with van der Waals surface area (Å²) in [5, 5.41) is 4.45. The summed E-state index contributed by atoms with van der Waals surface area (Å²) in [4.78, 5) is 17.4. The molecule has 0 aliphatic carbocycles. The summed E-state index contributed by atoms with van der Waals surface area (Å²) in [5.41, 5.74) is 3.54. The Kier molecular flexibility index (Phi) is 6.74. The van der Waals surface area contributed by atoms with Gasteiger partial charge in [-0.05, 0) is 18.6 Å². The predicted octanol–water partition coefficient (Wildman–Crippen LogP) is 4.95. The maximum Gasteiger partial charge on any atom is 0.254 e. The molecule has 1 saturated heterocycles. The van der Waals surface area contributed by atoms with Gasteiger partial charge in [0.15, 0.2) is 0 Å². The SMILES string of the molecule is CCCN(Cc1c(-c2ccccc2)noc1N1CCSCC1)C(=O)c1ccccc1. The van der Waals surface area contributed by atoms with Crippen LogP contribution in [0.15, 0.2) is 65.2 Å². The lowest BCUT2D eigenvalue weighted by Gasteiger charge is -2.28. The van der Waals surface area contributed by atoms with E-state index in [0.717, 1.165) is 53.7 Å². The van der Waals surface area contributed by atoms with E-state index < -0.39 is 0 Å². The van der Waals surface area contributed by atoms with Crippen molar-refractivity contribution in [1.29, 1.82) is 0 Å². The summed E-state index contributed by atoms with van der Waals surface area (Å²) in [6, 6.07) is 19.6. The van der Waals surface area contributed by atoms with Crippen molar-refractivity contribution in [3.8, 4) is 11.3 Å². The van der Waals surface area contributed by atoms with Crippen LogP contribution in [0.3, 0.4) is 0 Å². The second kappa shape index (κ2) is 9.85. The van der Waals surface area contributed by atoms with E-state index in [-0.39, 0.29) is 5.91 Å². The molecule has 0 atom stereocenters. The largest absolute Gasteiger partial charge is 0.339 e. The minimum absolute atomic E-state index is 0.0396. The molecule has 0 N–H and O–H groups in total. The molecule has 0 unspecified atom stereocenters. The average Bonchev–Trinajstić information content (AvgIpc) is 3.23. The third kappa shape index (κ3) is 4.54. The zero-order chi connectivity index (χ0) is 20.8. The molecule has 1 amide bonds. The Bertz CT molecular complexity index is 953. The van der Waals surface area contributed by atoms with Crippen LogP contribution < -0.4 is 4.90 Å². The normalized spacial score (nSPS) is 14.0. The van der Waals surface area contributed by atoms with Gasteiger partial charge in [-0.2, -0.15) is 11.8 Å². The topological polar surface area (TPSA) is 49.6 Å². The molecular weight excluding hydrogens is 394 g/mol. The van der Waals surface area contributed by atoms with Gasteiger partial charge in [-0.15, -0.1) is 0 Å². The molecule has 4 rings (SSSR count). The van der Waals surface area contributed by atoms with Crippen LogP contribution in [0.1, 0.15) is 29.3 Å². The first-order chi connectivity index (χ1) is 14.8. The number of carbonyl (C=O) groups is 1. The quantitative estimate of drug-likeness (QED) is 0.540. The van der Waals surface area contributed by atoms with Crippen molar-refractivity contribution in [2.75, 3.05) is 36.0 Å². The summed E-state index contributed by atoms with van der Waals surface area (Å²) >= 11 is 1.96. The van der Waals surface area contributed by atoms with E-state index in [1.807, 2.05) is 77.3 Å². The number of nitrogens with zero attached hydrogens (tertiary/aromatic N) is 3. The van der Waals surface area contributed by atoms with Crippen molar-refractivity contribution >= 4 is 23.6 Å². The summed E-state index contributed by atoms with van der Waals surface area (Å²) in [6.45, 7) is 5.12. The van der Waals surface area contributed by atoms with Crippen molar-refractivity contribution in [1.82, 2.24) is 10.1 Å². The lowest BCUT2D eigenvalue weighted by molar-refractivity contribution is 0.0743. The third-order valence-electron chi connectivity index (χ3n) is 5.26. The number of hydrogen-bond donors (Lipinski definition) is 0.